The second-order valence-electron chi connectivity index (χ2n) is 5.05. The van der Waals surface area contributed by atoms with E-state index in [0.29, 0.717) is 5.54 Å². The van der Waals surface area contributed by atoms with E-state index >= 15 is 0 Å². The van der Waals surface area contributed by atoms with Crippen molar-refractivity contribution in [2.75, 3.05) is 13.2 Å². The fourth-order valence-corrected chi connectivity index (χ4v) is 2.64. The van der Waals surface area contributed by atoms with Crippen molar-refractivity contribution in [3.63, 3.8) is 0 Å². The van der Waals surface area contributed by atoms with Gasteiger partial charge in [-0.2, -0.15) is 0 Å². The number of ether oxygens (including phenoxy) is 1. The van der Waals surface area contributed by atoms with Crippen molar-refractivity contribution in [2.45, 2.75) is 57.5 Å². The largest absolute Gasteiger partial charge is 0.381 e. The summed E-state index contributed by atoms with van der Waals surface area (Å²) in [5.41, 5.74) is 0.400. The lowest BCUT2D eigenvalue weighted by molar-refractivity contribution is 0.0193. The molecular formula is C12H23NO. The van der Waals surface area contributed by atoms with Crippen LogP contribution in [0.25, 0.3) is 0 Å². The van der Waals surface area contributed by atoms with Gasteiger partial charge in [-0.3, -0.25) is 0 Å². The molecule has 0 aromatic heterocycles. The summed E-state index contributed by atoms with van der Waals surface area (Å²) in [5, 5.41) is 3.89. The van der Waals surface area contributed by atoms with Gasteiger partial charge in [-0.1, -0.05) is 13.8 Å². The van der Waals surface area contributed by atoms with Gasteiger partial charge in [0.1, 0.15) is 0 Å². The predicted molar refractivity (Wildman–Crippen MR) is 58.4 cm³/mol. The van der Waals surface area contributed by atoms with Crippen molar-refractivity contribution >= 4 is 0 Å². The SMILES string of the molecule is CCC1(NC2CCC2C)CCOCC1. The molecule has 1 N–H and O–H groups in total. The van der Waals surface area contributed by atoms with E-state index in [0.717, 1.165) is 25.2 Å². The Labute approximate surface area is 87.4 Å². The highest BCUT2D eigenvalue weighted by Crippen LogP contribution is 2.32. The van der Waals surface area contributed by atoms with E-state index in [9.17, 15) is 0 Å². The van der Waals surface area contributed by atoms with Crippen LogP contribution in [0.15, 0.2) is 0 Å². The maximum absolute atomic E-state index is 5.45. The van der Waals surface area contributed by atoms with Crippen LogP contribution in [-0.4, -0.2) is 24.8 Å². The molecule has 2 aliphatic rings. The Bertz CT molecular complexity index is 187. The van der Waals surface area contributed by atoms with Crippen LogP contribution in [0.3, 0.4) is 0 Å². The molecule has 0 spiro atoms. The van der Waals surface area contributed by atoms with E-state index in [4.69, 9.17) is 4.74 Å². The van der Waals surface area contributed by atoms with Gasteiger partial charge in [0.05, 0.1) is 0 Å². The van der Waals surface area contributed by atoms with E-state index in [-0.39, 0.29) is 0 Å². The molecule has 0 bridgehead atoms. The first-order valence-electron chi connectivity index (χ1n) is 6.11. The first kappa shape index (κ1) is 10.4. The summed E-state index contributed by atoms with van der Waals surface area (Å²) in [6.45, 7) is 6.56. The van der Waals surface area contributed by atoms with E-state index in [2.05, 4.69) is 19.2 Å². The minimum absolute atomic E-state index is 0.400. The highest BCUT2D eigenvalue weighted by Gasteiger charge is 2.37. The first-order chi connectivity index (χ1) is 6.76. The molecule has 1 saturated heterocycles. The number of hydrogen-bond acceptors (Lipinski definition) is 2. The summed E-state index contributed by atoms with van der Waals surface area (Å²) in [4.78, 5) is 0. The van der Waals surface area contributed by atoms with Crippen molar-refractivity contribution in [2.24, 2.45) is 5.92 Å². The van der Waals surface area contributed by atoms with E-state index < -0.39 is 0 Å². The Balaban J connectivity index is 1.90. The number of rotatable bonds is 3. The Morgan fingerprint density at radius 3 is 2.43 bits per heavy atom. The van der Waals surface area contributed by atoms with Crippen LogP contribution >= 0.6 is 0 Å². The van der Waals surface area contributed by atoms with Crippen LogP contribution < -0.4 is 5.32 Å². The molecule has 1 saturated carbocycles. The van der Waals surface area contributed by atoms with Crippen LogP contribution in [0.1, 0.15) is 46.0 Å². The van der Waals surface area contributed by atoms with Crippen LogP contribution in [0, 0.1) is 5.92 Å². The summed E-state index contributed by atoms with van der Waals surface area (Å²) in [6.07, 6.45) is 6.44. The molecule has 2 rings (SSSR count). The molecule has 2 fully saturated rings. The van der Waals surface area contributed by atoms with Gasteiger partial charge in [0, 0.05) is 24.8 Å². The topological polar surface area (TPSA) is 21.3 Å². The molecule has 0 aromatic rings. The maximum Gasteiger partial charge on any atom is 0.0483 e. The third kappa shape index (κ3) is 1.96. The van der Waals surface area contributed by atoms with Gasteiger partial charge in [0.15, 0.2) is 0 Å². The second-order valence-corrected chi connectivity index (χ2v) is 5.05. The summed E-state index contributed by atoms with van der Waals surface area (Å²) >= 11 is 0. The number of nitrogens with one attached hydrogen (secondary N) is 1. The van der Waals surface area contributed by atoms with Crippen molar-refractivity contribution in [3.05, 3.63) is 0 Å². The second kappa shape index (κ2) is 4.19. The molecule has 0 radical (unpaired) electrons. The van der Waals surface area contributed by atoms with Gasteiger partial charge in [-0.05, 0) is 38.0 Å². The van der Waals surface area contributed by atoms with Gasteiger partial charge >= 0.3 is 0 Å². The van der Waals surface area contributed by atoms with Gasteiger partial charge in [0.25, 0.3) is 0 Å². The predicted octanol–water partition coefficient (Wildman–Crippen LogP) is 2.33. The number of hydrogen-bond donors (Lipinski definition) is 1. The molecule has 2 atom stereocenters. The molecule has 2 nitrogen and oxygen atoms in total. The average Bonchev–Trinajstić information content (AvgIpc) is 2.25. The minimum atomic E-state index is 0.400. The third-order valence-electron chi connectivity index (χ3n) is 4.24. The van der Waals surface area contributed by atoms with Gasteiger partial charge in [-0.25, -0.2) is 0 Å². The van der Waals surface area contributed by atoms with E-state index in [1.165, 1.54) is 32.1 Å². The van der Waals surface area contributed by atoms with E-state index in [1.54, 1.807) is 0 Å². The highest BCUT2D eigenvalue weighted by atomic mass is 16.5. The van der Waals surface area contributed by atoms with Crippen LogP contribution in [-0.2, 0) is 4.74 Å². The zero-order chi connectivity index (χ0) is 10.0. The Morgan fingerprint density at radius 1 is 1.29 bits per heavy atom. The normalized spacial score (nSPS) is 36.4. The molecule has 1 aliphatic carbocycles. The Hall–Kier alpha value is -0.0800. The smallest absolute Gasteiger partial charge is 0.0483 e. The van der Waals surface area contributed by atoms with Crippen molar-refractivity contribution in [1.82, 2.24) is 5.32 Å². The van der Waals surface area contributed by atoms with Crippen LogP contribution in [0.2, 0.25) is 0 Å². The lowest BCUT2D eigenvalue weighted by atomic mass is 9.77. The maximum atomic E-state index is 5.45. The highest BCUT2D eigenvalue weighted by molar-refractivity contribution is 4.95. The molecule has 2 unspecified atom stereocenters. The van der Waals surface area contributed by atoms with Gasteiger partial charge in [-0.15, -0.1) is 0 Å². The summed E-state index contributed by atoms with van der Waals surface area (Å²) in [7, 11) is 0. The summed E-state index contributed by atoms with van der Waals surface area (Å²) in [6, 6.07) is 0.785. The molecule has 0 amide bonds. The lowest BCUT2D eigenvalue weighted by Gasteiger charge is -2.46. The van der Waals surface area contributed by atoms with Crippen LogP contribution in [0.5, 0.6) is 0 Å². The zero-order valence-electron chi connectivity index (χ0n) is 9.51. The Kier molecular flexibility index (Phi) is 3.13. The molecule has 1 heterocycles. The molecule has 14 heavy (non-hydrogen) atoms. The van der Waals surface area contributed by atoms with Gasteiger partial charge in [0.2, 0.25) is 0 Å². The minimum Gasteiger partial charge on any atom is -0.381 e. The molecule has 1 aliphatic heterocycles. The van der Waals surface area contributed by atoms with Gasteiger partial charge < -0.3 is 10.1 Å². The molecule has 0 aromatic carbocycles. The van der Waals surface area contributed by atoms with Crippen LogP contribution in [0.4, 0.5) is 0 Å². The third-order valence-corrected chi connectivity index (χ3v) is 4.24. The monoisotopic (exact) mass is 197 g/mol. The molecular weight excluding hydrogens is 174 g/mol. The standard InChI is InChI=1S/C12H23NO/c1-3-12(6-8-14-9-7-12)13-11-5-4-10(11)2/h10-11,13H,3-9H2,1-2H3. The fraction of sp³-hybridized carbons (Fsp3) is 1.00. The summed E-state index contributed by atoms with van der Waals surface area (Å²) < 4.78 is 5.45. The molecule has 82 valence electrons. The summed E-state index contributed by atoms with van der Waals surface area (Å²) in [5.74, 6) is 0.890. The quantitative estimate of drug-likeness (QED) is 0.750. The first-order valence-corrected chi connectivity index (χ1v) is 6.11. The van der Waals surface area contributed by atoms with E-state index in [1.807, 2.05) is 0 Å². The lowest BCUT2D eigenvalue weighted by Crippen LogP contribution is -2.57. The zero-order valence-corrected chi connectivity index (χ0v) is 9.51. The van der Waals surface area contributed by atoms with Crippen molar-refractivity contribution < 1.29 is 4.74 Å². The van der Waals surface area contributed by atoms with Crippen molar-refractivity contribution in [3.8, 4) is 0 Å². The fourth-order valence-electron chi connectivity index (χ4n) is 2.64. The average molecular weight is 197 g/mol. The Morgan fingerprint density at radius 2 is 2.00 bits per heavy atom. The van der Waals surface area contributed by atoms with Crippen molar-refractivity contribution in [1.29, 1.82) is 0 Å². The molecule has 2 heteroatoms.